The van der Waals surface area contributed by atoms with Crippen molar-refractivity contribution in [1.82, 2.24) is 10.3 Å². The molecule has 178 valence electrons. The van der Waals surface area contributed by atoms with Crippen LogP contribution in [0.2, 0.25) is 10.0 Å². The normalized spacial score (nSPS) is 22.5. The topological polar surface area (TPSA) is 84.5 Å². The molecule has 2 aliphatic heterocycles. The van der Waals surface area contributed by atoms with Gasteiger partial charge in [0.2, 0.25) is 0 Å². The Morgan fingerprint density at radius 3 is 2.79 bits per heavy atom. The zero-order valence-corrected chi connectivity index (χ0v) is 20.4. The number of anilines is 2. The molecule has 2 saturated heterocycles. The Hall–Kier alpha value is -1.90. The van der Waals surface area contributed by atoms with Gasteiger partial charge in [-0.05, 0) is 56.9 Å². The monoisotopic (exact) mass is 492 g/mol. The van der Waals surface area contributed by atoms with E-state index in [0.29, 0.717) is 40.5 Å². The molecule has 7 nitrogen and oxygen atoms in total. The summed E-state index contributed by atoms with van der Waals surface area (Å²) in [4.78, 5) is 16.8. The second-order valence-electron chi connectivity index (χ2n) is 9.14. The predicted molar refractivity (Wildman–Crippen MR) is 132 cm³/mol. The summed E-state index contributed by atoms with van der Waals surface area (Å²) in [6, 6.07) is 7.53. The van der Waals surface area contributed by atoms with Crippen LogP contribution in [0.1, 0.15) is 26.7 Å². The Balaban J connectivity index is 1.48. The summed E-state index contributed by atoms with van der Waals surface area (Å²) in [6.45, 7) is 7.62. The van der Waals surface area contributed by atoms with Gasteiger partial charge < -0.3 is 25.4 Å². The van der Waals surface area contributed by atoms with Gasteiger partial charge in [0, 0.05) is 54.3 Å². The van der Waals surface area contributed by atoms with Crippen LogP contribution in [0.15, 0.2) is 30.5 Å². The number of halogens is 2. The number of hydrogen-bond acceptors (Lipinski definition) is 6. The van der Waals surface area contributed by atoms with E-state index in [1.165, 1.54) is 6.20 Å². The van der Waals surface area contributed by atoms with Crippen LogP contribution in [-0.4, -0.2) is 55.4 Å². The van der Waals surface area contributed by atoms with Gasteiger partial charge in [-0.3, -0.25) is 4.79 Å². The van der Waals surface area contributed by atoms with Crippen molar-refractivity contribution in [3.63, 3.8) is 0 Å². The van der Waals surface area contributed by atoms with Crippen molar-refractivity contribution in [2.45, 2.75) is 38.4 Å². The van der Waals surface area contributed by atoms with E-state index in [-0.39, 0.29) is 11.5 Å². The number of carbonyl (C=O) groups is 1. The molecule has 1 aromatic carbocycles. The molecule has 2 atom stereocenters. The molecule has 0 bridgehead atoms. The first-order valence-electron chi connectivity index (χ1n) is 11.3. The molecule has 0 aliphatic carbocycles. The van der Waals surface area contributed by atoms with Crippen LogP contribution in [0.3, 0.4) is 0 Å². The standard InChI is InChI=1S/C24H30Cl2N4O3/c1-24(2)11-15(5-7-33-24)12-28-16-3-4-19(25)17(9-16)18-10-22(29-13-20(18)26)30-23(31)21-14-27-6-8-32-21/h3-4,9-10,13,15,21,27-28H,5-8,11-12,14H2,1-2H3,(H,29,30,31). The van der Waals surface area contributed by atoms with Gasteiger partial charge in [0.15, 0.2) is 0 Å². The van der Waals surface area contributed by atoms with Crippen molar-refractivity contribution in [2.24, 2.45) is 5.92 Å². The Morgan fingerprint density at radius 1 is 1.21 bits per heavy atom. The number of nitrogens with zero attached hydrogens (tertiary/aromatic N) is 1. The van der Waals surface area contributed by atoms with Gasteiger partial charge in [-0.2, -0.15) is 0 Å². The van der Waals surface area contributed by atoms with E-state index in [2.05, 4.69) is 34.8 Å². The fourth-order valence-electron chi connectivity index (χ4n) is 4.29. The van der Waals surface area contributed by atoms with E-state index in [1.807, 2.05) is 18.2 Å². The molecule has 33 heavy (non-hydrogen) atoms. The molecule has 9 heteroatoms. The van der Waals surface area contributed by atoms with Gasteiger partial charge in [0.25, 0.3) is 5.91 Å². The maximum atomic E-state index is 12.5. The number of rotatable bonds is 6. The summed E-state index contributed by atoms with van der Waals surface area (Å²) in [6.07, 6.45) is 3.02. The van der Waals surface area contributed by atoms with E-state index >= 15 is 0 Å². The molecule has 0 radical (unpaired) electrons. The van der Waals surface area contributed by atoms with E-state index in [9.17, 15) is 4.79 Å². The smallest absolute Gasteiger partial charge is 0.255 e. The Morgan fingerprint density at radius 2 is 2.03 bits per heavy atom. The first-order chi connectivity index (χ1) is 15.8. The second kappa shape index (κ2) is 10.6. The van der Waals surface area contributed by atoms with E-state index in [0.717, 1.165) is 43.8 Å². The molecule has 0 spiro atoms. The third-order valence-electron chi connectivity index (χ3n) is 5.98. The van der Waals surface area contributed by atoms with Gasteiger partial charge in [-0.1, -0.05) is 23.2 Å². The van der Waals surface area contributed by atoms with Crippen LogP contribution in [0, 0.1) is 5.92 Å². The Kier molecular flexibility index (Phi) is 7.76. The molecule has 3 N–H and O–H groups in total. The molecule has 0 saturated carbocycles. The average Bonchev–Trinajstić information content (AvgIpc) is 2.80. The van der Waals surface area contributed by atoms with Gasteiger partial charge in [-0.25, -0.2) is 4.98 Å². The molecule has 2 aliphatic rings. The molecule has 4 rings (SSSR count). The van der Waals surface area contributed by atoms with Crippen molar-refractivity contribution in [2.75, 3.05) is 43.5 Å². The molecular formula is C24H30Cl2N4O3. The molecule has 2 aromatic rings. The zero-order valence-electron chi connectivity index (χ0n) is 18.9. The Bertz CT molecular complexity index is 996. The number of pyridine rings is 1. The van der Waals surface area contributed by atoms with E-state index in [1.54, 1.807) is 6.07 Å². The third kappa shape index (κ3) is 6.37. The highest BCUT2D eigenvalue weighted by atomic mass is 35.5. The zero-order chi connectivity index (χ0) is 23.4. The van der Waals surface area contributed by atoms with E-state index < -0.39 is 6.10 Å². The van der Waals surface area contributed by atoms with Gasteiger partial charge in [0.05, 0.1) is 17.2 Å². The Labute approximate surface area is 204 Å². The highest BCUT2D eigenvalue weighted by Crippen LogP contribution is 2.36. The predicted octanol–water partition coefficient (Wildman–Crippen LogP) is 4.60. The number of aromatic nitrogens is 1. The minimum atomic E-state index is -0.550. The largest absolute Gasteiger partial charge is 0.385 e. The van der Waals surface area contributed by atoms with E-state index in [4.69, 9.17) is 32.7 Å². The number of hydrogen-bond donors (Lipinski definition) is 3. The highest BCUT2D eigenvalue weighted by Gasteiger charge is 2.28. The lowest BCUT2D eigenvalue weighted by atomic mass is 9.88. The van der Waals surface area contributed by atoms with Crippen LogP contribution in [0.25, 0.3) is 11.1 Å². The summed E-state index contributed by atoms with van der Waals surface area (Å²) in [5.41, 5.74) is 2.34. The molecular weight excluding hydrogens is 463 g/mol. The molecule has 1 aromatic heterocycles. The van der Waals surface area contributed by atoms with Gasteiger partial charge in [-0.15, -0.1) is 0 Å². The maximum absolute atomic E-state index is 12.5. The summed E-state index contributed by atoms with van der Waals surface area (Å²) in [5, 5.41) is 10.5. The fourth-order valence-corrected chi connectivity index (χ4v) is 4.71. The number of morpholine rings is 1. The number of benzene rings is 1. The lowest BCUT2D eigenvalue weighted by Crippen LogP contribution is -2.45. The molecule has 2 fully saturated rings. The molecule has 1 amide bonds. The highest BCUT2D eigenvalue weighted by molar-refractivity contribution is 6.36. The van der Waals surface area contributed by atoms with Crippen molar-refractivity contribution in [3.05, 3.63) is 40.5 Å². The van der Waals surface area contributed by atoms with Gasteiger partial charge >= 0.3 is 0 Å². The number of nitrogens with one attached hydrogen (secondary N) is 3. The van der Waals surface area contributed by atoms with Crippen molar-refractivity contribution >= 4 is 40.6 Å². The number of ether oxygens (including phenoxy) is 2. The lowest BCUT2D eigenvalue weighted by Gasteiger charge is -2.35. The SMILES string of the molecule is CC1(C)CC(CNc2ccc(Cl)c(-c3cc(NC(=O)C4CNCCO4)ncc3Cl)c2)CCO1. The van der Waals surface area contributed by atoms with Crippen molar-refractivity contribution < 1.29 is 14.3 Å². The molecule has 3 heterocycles. The van der Waals surface area contributed by atoms with Gasteiger partial charge in [0.1, 0.15) is 11.9 Å². The van der Waals surface area contributed by atoms with Crippen molar-refractivity contribution in [1.29, 1.82) is 0 Å². The first-order valence-corrected chi connectivity index (χ1v) is 12.0. The summed E-state index contributed by atoms with van der Waals surface area (Å²) in [7, 11) is 0. The lowest BCUT2D eigenvalue weighted by molar-refractivity contribution is -0.128. The molecule has 2 unspecified atom stereocenters. The summed E-state index contributed by atoms with van der Waals surface area (Å²) < 4.78 is 11.3. The first kappa shape index (κ1) is 24.2. The minimum absolute atomic E-state index is 0.0835. The number of amides is 1. The average molecular weight is 493 g/mol. The van der Waals surface area contributed by atoms with Crippen LogP contribution < -0.4 is 16.0 Å². The fraction of sp³-hybridized carbons (Fsp3) is 0.500. The van der Waals surface area contributed by atoms with Crippen LogP contribution in [0.5, 0.6) is 0 Å². The van der Waals surface area contributed by atoms with Crippen LogP contribution in [0.4, 0.5) is 11.5 Å². The summed E-state index contributed by atoms with van der Waals surface area (Å²) >= 11 is 13.0. The quantitative estimate of drug-likeness (QED) is 0.546. The minimum Gasteiger partial charge on any atom is -0.385 e. The maximum Gasteiger partial charge on any atom is 0.255 e. The summed E-state index contributed by atoms with van der Waals surface area (Å²) in [5.74, 6) is 0.687. The number of carbonyl (C=O) groups excluding carboxylic acids is 1. The van der Waals surface area contributed by atoms with Crippen LogP contribution in [-0.2, 0) is 14.3 Å². The van der Waals surface area contributed by atoms with Crippen LogP contribution >= 0.6 is 23.2 Å². The third-order valence-corrected chi connectivity index (χ3v) is 6.61. The second-order valence-corrected chi connectivity index (χ2v) is 9.96. The van der Waals surface area contributed by atoms with Crippen molar-refractivity contribution in [3.8, 4) is 11.1 Å².